The van der Waals surface area contributed by atoms with E-state index in [-0.39, 0.29) is 4.90 Å². The van der Waals surface area contributed by atoms with Crippen molar-refractivity contribution in [2.24, 2.45) is 5.73 Å². The van der Waals surface area contributed by atoms with Gasteiger partial charge in [-0.15, -0.1) is 0 Å². The molecule has 8 nitrogen and oxygen atoms in total. The monoisotopic (exact) mass is 311 g/mol. The van der Waals surface area contributed by atoms with Gasteiger partial charge in [-0.25, -0.2) is 8.42 Å². The van der Waals surface area contributed by atoms with Crippen LogP contribution in [0.4, 0.5) is 0 Å². The second-order valence-corrected chi connectivity index (χ2v) is 5.99. The van der Waals surface area contributed by atoms with Crippen LogP contribution in [0.15, 0.2) is 23.1 Å². The zero-order valence-corrected chi connectivity index (χ0v) is 11.8. The predicted molar refractivity (Wildman–Crippen MR) is 71.5 cm³/mol. The fourth-order valence-corrected chi connectivity index (χ4v) is 2.84. The number of carboxylic acids is 1. The summed E-state index contributed by atoms with van der Waals surface area (Å²) in [6, 6.07) is 3.97. The molecule has 0 aliphatic rings. The van der Waals surface area contributed by atoms with Gasteiger partial charge in [-0.1, -0.05) is 0 Å². The summed E-state index contributed by atoms with van der Waals surface area (Å²) < 4.78 is 26.0. The van der Waals surface area contributed by atoms with Crippen LogP contribution in [-0.2, 0) is 19.6 Å². The van der Waals surface area contributed by atoms with Gasteiger partial charge in [0, 0.05) is 0 Å². The van der Waals surface area contributed by atoms with Crippen molar-refractivity contribution < 1.29 is 23.1 Å². The number of hydrogen-bond acceptors (Lipinski definition) is 5. The summed E-state index contributed by atoms with van der Waals surface area (Å²) in [6.45, 7) is 1.55. The molecule has 1 amide bonds. The zero-order valence-electron chi connectivity index (χ0n) is 11.0. The number of sulfonamides is 1. The molecule has 0 bridgehead atoms. The number of nitrogens with one attached hydrogen (secondary N) is 1. The molecular weight excluding hydrogens is 298 g/mol. The molecule has 1 atom stereocenters. The van der Waals surface area contributed by atoms with Gasteiger partial charge in [0.25, 0.3) is 0 Å². The van der Waals surface area contributed by atoms with Crippen molar-refractivity contribution in [3.05, 3.63) is 29.3 Å². The maximum absolute atomic E-state index is 12.1. The smallest absolute Gasteiger partial charge is 0.322 e. The maximum atomic E-state index is 12.1. The summed E-state index contributed by atoms with van der Waals surface area (Å²) in [5.41, 5.74) is 5.62. The lowest BCUT2D eigenvalue weighted by Crippen LogP contribution is -2.43. The number of rotatable bonds is 6. The van der Waals surface area contributed by atoms with Gasteiger partial charge in [-0.2, -0.15) is 9.98 Å². The predicted octanol–water partition coefficient (Wildman–Crippen LogP) is -0.526. The molecule has 0 aliphatic heterocycles. The van der Waals surface area contributed by atoms with Gasteiger partial charge in [-0.05, 0) is 30.7 Å². The number of carboxylic acid groups (broad SMARTS) is 1. The van der Waals surface area contributed by atoms with Gasteiger partial charge >= 0.3 is 5.97 Å². The number of nitrogens with two attached hydrogens (primary N) is 1. The SMILES string of the molecule is Cc1cc(S(=O)(=O)N[C@@H](CC(N)=O)C(=O)O)ccc1C#N. The Balaban J connectivity index is 3.10. The molecule has 1 aromatic rings. The van der Waals surface area contributed by atoms with Crippen LogP contribution in [0.5, 0.6) is 0 Å². The first-order valence-corrected chi connectivity index (χ1v) is 7.20. The number of carbonyl (C=O) groups is 2. The minimum atomic E-state index is -4.15. The molecule has 0 saturated heterocycles. The van der Waals surface area contributed by atoms with Crippen LogP contribution in [-0.4, -0.2) is 31.4 Å². The van der Waals surface area contributed by atoms with E-state index in [9.17, 15) is 18.0 Å². The number of carbonyl (C=O) groups excluding carboxylic acids is 1. The highest BCUT2D eigenvalue weighted by atomic mass is 32.2. The lowest BCUT2D eigenvalue weighted by atomic mass is 10.1. The lowest BCUT2D eigenvalue weighted by molar-refractivity contribution is -0.140. The summed E-state index contributed by atoms with van der Waals surface area (Å²) in [4.78, 5) is 21.5. The van der Waals surface area contributed by atoms with E-state index in [0.29, 0.717) is 11.1 Å². The minimum Gasteiger partial charge on any atom is -0.480 e. The molecule has 0 heterocycles. The Kier molecular flexibility index (Phi) is 5.02. The second kappa shape index (κ2) is 6.34. The molecule has 21 heavy (non-hydrogen) atoms. The van der Waals surface area contributed by atoms with Gasteiger partial charge in [0.15, 0.2) is 0 Å². The number of benzene rings is 1. The minimum absolute atomic E-state index is 0.199. The van der Waals surface area contributed by atoms with Crippen LogP contribution in [0.1, 0.15) is 17.5 Å². The van der Waals surface area contributed by atoms with Crippen LogP contribution in [0, 0.1) is 18.3 Å². The molecule has 112 valence electrons. The average molecular weight is 311 g/mol. The Labute approximate surface area is 121 Å². The van der Waals surface area contributed by atoms with Gasteiger partial charge in [0.2, 0.25) is 15.9 Å². The summed E-state index contributed by atoms with van der Waals surface area (Å²) in [5.74, 6) is -2.45. The molecule has 0 spiro atoms. The van der Waals surface area contributed by atoms with Gasteiger partial charge < -0.3 is 10.8 Å². The summed E-state index contributed by atoms with van der Waals surface area (Å²) in [7, 11) is -4.15. The number of aliphatic carboxylic acids is 1. The molecule has 0 fully saturated rings. The molecule has 1 aromatic carbocycles. The van der Waals surface area contributed by atoms with Crippen LogP contribution in [0.3, 0.4) is 0 Å². The van der Waals surface area contributed by atoms with E-state index in [4.69, 9.17) is 16.1 Å². The Morgan fingerprint density at radius 2 is 2.10 bits per heavy atom. The van der Waals surface area contributed by atoms with Crippen LogP contribution >= 0.6 is 0 Å². The highest BCUT2D eigenvalue weighted by Crippen LogP contribution is 2.15. The standard InChI is InChI=1S/C12H13N3O5S/c1-7-4-9(3-2-8(7)6-13)21(19,20)15-10(12(17)18)5-11(14)16/h2-4,10,15H,5H2,1H3,(H2,14,16)(H,17,18)/t10-/m0/s1. The van der Waals surface area contributed by atoms with E-state index in [0.717, 1.165) is 0 Å². The molecule has 0 saturated carbocycles. The lowest BCUT2D eigenvalue weighted by Gasteiger charge is -2.13. The highest BCUT2D eigenvalue weighted by molar-refractivity contribution is 7.89. The fraction of sp³-hybridized carbons (Fsp3) is 0.250. The summed E-state index contributed by atoms with van der Waals surface area (Å²) in [6.07, 6.45) is -0.663. The van der Waals surface area contributed by atoms with E-state index >= 15 is 0 Å². The average Bonchev–Trinajstić information content (AvgIpc) is 2.36. The third-order valence-corrected chi connectivity index (χ3v) is 4.10. The molecule has 4 N–H and O–H groups in total. The van der Waals surface area contributed by atoms with Crippen molar-refractivity contribution in [3.8, 4) is 6.07 Å². The topological polar surface area (TPSA) is 150 Å². The fourth-order valence-electron chi connectivity index (χ4n) is 1.56. The number of nitrogens with zero attached hydrogens (tertiary/aromatic N) is 1. The largest absolute Gasteiger partial charge is 0.480 e. The van der Waals surface area contributed by atoms with E-state index in [2.05, 4.69) is 0 Å². The first-order chi connectivity index (χ1) is 9.67. The van der Waals surface area contributed by atoms with E-state index in [1.54, 1.807) is 6.92 Å². The van der Waals surface area contributed by atoms with Crippen molar-refractivity contribution in [3.63, 3.8) is 0 Å². The Morgan fingerprint density at radius 1 is 1.48 bits per heavy atom. The van der Waals surface area contributed by atoms with Crippen LogP contribution in [0.2, 0.25) is 0 Å². The van der Waals surface area contributed by atoms with Crippen molar-refractivity contribution in [1.82, 2.24) is 4.72 Å². The van der Waals surface area contributed by atoms with E-state index in [1.165, 1.54) is 18.2 Å². The van der Waals surface area contributed by atoms with E-state index in [1.807, 2.05) is 10.8 Å². The Bertz CT molecular complexity index is 721. The second-order valence-electron chi connectivity index (χ2n) is 4.27. The van der Waals surface area contributed by atoms with Crippen molar-refractivity contribution in [2.45, 2.75) is 24.3 Å². The Hall–Kier alpha value is -2.44. The molecule has 0 radical (unpaired) electrons. The van der Waals surface area contributed by atoms with Gasteiger partial charge in [0.05, 0.1) is 22.9 Å². The number of nitriles is 1. The number of aryl methyl sites for hydroxylation is 1. The molecule has 0 aliphatic carbocycles. The Morgan fingerprint density at radius 3 is 2.52 bits per heavy atom. The van der Waals surface area contributed by atoms with Crippen molar-refractivity contribution >= 4 is 21.9 Å². The molecule has 0 unspecified atom stereocenters. The van der Waals surface area contributed by atoms with Gasteiger partial charge in [0.1, 0.15) is 6.04 Å². The summed E-state index contributed by atoms with van der Waals surface area (Å²) >= 11 is 0. The summed E-state index contributed by atoms with van der Waals surface area (Å²) in [5, 5.41) is 17.7. The molecular formula is C12H13N3O5S. The highest BCUT2D eigenvalue weighted by Gasteiger charge is 2.27. The molecule has 0 aromatic heterocycles. The third kappa shape index (κ3) is 4.27. The van der Waals surface area contributed by atoms with Crippen molar-refractivity contribution in [2.75, 3.05) is 0 Å². The quantitative estimate of drug-likeness (QED) is 0.642. The third-order valence-electron chi connectivity index (χ3n) is 2.63. The maximum Gasteiger partial charge on any atom is 0.322 e. The van der Waals surface area contributed by atoms with Crippen molar-refractivity contribution in [1.29, 1.82) is 5.26 Å². The zero-order chi connectivity index (χ0) is 16.2. The number of amides is 1. The van der Waals surface area contributed by atoms with Crippen LogP contribution < -0.4 is 10.5 Å². The number of primary amides is 1. The van der Waals surface area contributed by atoms with Crippen LogP contribution in [0.25, 0.3) is 0 Å². The van der Waals surface area contributed by atoms with Gasteiger partial charge in [-0.3, -0.25) is 9.59 Å². The van der Waals surface area contributed by atoms with E-state index < -0.39 is 34.4 Å². The number of hydrogen-bond donors (Lipinski definition) is 3. The first-order valence-electron chi connectivity index (χ1n) is 5.71. The molecule has 9 heteroatoms. The normalized spacial score (nSPS) is 12.4. The first kappa shape index (κ1) is 16.6. The molecule has 1 rings (SSSR count).